The van der Waals surface area contributed by atoms with Crippen molar-refractivity contribution in [3.63, 3.8) is 0 Å². The summed E-state index contributed by atoms with van der Waals surface area (Å²) in [4.78, 5) is 4.13. The predicted octanol–water partition coefficient (Wildman–Crippen LogP) is -0.447. The summed E-state index contributed by atoms with van der Waals surface area (Å²) in [5, 5.41) is 3.99. The van der Waals surface area contributed by atoms with Crippen LogP contribution in [0.25, 0.3) is 0 Å². The molecule has 0 fully saturated rings. The van der Waals surface area contributed by atoms with E-state index < -0.39 is 0 Å². The molecule has 1 aromatic heterocycles. The molecule has 0 saturated carbocycles. The molecule has 1 rings (SSSR count). The van der Waals surface area contributed by atoms with Crippen LogP contribution >= 0.6 is 11.8 Å². The molecule has 0 aliphatic heterocycles. The molecule has 1 atom stereocenters. The minimum atomic E-state index is 0.262. The summed E-state index contributed by atoms with van der Waals surface area (Å²) in [6, 6.07) is 0.262. The lowest BCUT2D eigenvalue weighted by molar-refractivity contribution is 0.544. The standard InChI is InChI=1S/C7H15N5S/c1-12-7(9-5-10-12)3-6(11-8)4-13-2/h5-6,11H,3-4,8H2,1-2H3. The maximum atomic E-state index is 5.40. The fraction of sp³-hybridized carbons (Fsp3) is 0.714. The monoisotopic (exact) mass is 201 g/mol. The maximum absolute atomic E-state index is 5.40. The summed E-state index contributed by atoms with van der Waals surface area (Å²) in [5.41, 5.74) is 2.77. The summed E-state index contributed by atoms with van der Waals surface area (Å²) in [5.74, 6) is 7.34. The van der Waals surface area contributed by atoms with Crippen LogP contribution in [0.2, 0.25) is 0 Å². The number of hydrogen-bond donors (Lipinski definition) is 2. The molecular formula is C7H15N5S. The average molecular weight is 201 g/mol. The first-order chi connectivity index (χ1) is 6.27. The second-order valence-corrected chi connectivity index (χ2v) is 3.73. The molecule has 0 radical (unpaired) electrons. The highest BCUT2D eigenvalue weighted by molar-refractivity contribution is 7.98. The van der Waals surface area contributed by atoms with Gasteiger partial charge < -0.3 is 0 Å². The Bertz CT molecular complexity index is 249. The quantitative estimate of drug-likeness (QED) is 0.499. The van der Waals surface area contributed by atoms with Crippen LogP contribution < -0.4 is 11.3 Å². The van der Waals surface area contributed by atoms with Crippen LogP contribution in [-0.4, -0.2) is 32.8 Å². The first kappa shape index (κ1) is 10.5. The van der Waals surface area contributed by atoms with Crippen molar-refractivity contribution in [1.29, 1.82) is 0 Å². The predicted molar refractivity (Wildman–Crippen MR) is 54.2 cm³/mol. The van der Waals surface area contributed by atoms with Gasteiger partial charge in [-0.25, -0.2) is 4.98 Å². The molecule has 3 N–H and O–H groups in total. The SMILES string of the molecule is CSCC(Cc1ncnn1C)NN. The molecule has 1 unspecified atom stereocenters. The van der Waals surface area contributed by atoms with E-state index in [9.17, 15) is 0 Å². The van der Waals surface area contributed by atoms with Crippen molar-refractivity contribution in [1.82, 2.24) is 20.2 Å². The summed E-state index contributed by atoms with van der Waals surface area (Å²) in [6.45, 7) is 0. The van der Waals surface area contributed by atoms with Gasteiger partial charge in [-0.3, -0.25) is 16.0 Å². The number of aromatic nitrogens is 3. The van der Waals surface area contributed by atoms with Gasteiger partial charge in [0.1, 0.15) is 12.2 Å². The van der Waals surface area contributed by atoms with E-state index in [1.807, 2.05) is 7.05 Å². The van der Waals surface area contributed by atoms with Crippen molar-refractivity contribution in [2.24, 2.45) is 12.9 Å². The fourth-order valence-corrected chi connectivity index (χ4v) is 1.71. The minimum absolute atomic E-state index is 0.262. The van der Waals surface area contributed by atoms with Crippen molar-refractivity contribution in [3.8, 4) is 0 Å². The van der Waals surface area contributed by atoms with Crippen LogP contribution in [0.1, 0.15) is 5.82 Å². The number of hydrazine groups is 1. The van der Waals surface area contributed by atoms with Gasteiger partial charge in [-0.1, -0.05) is 0 Å². The number of hydrogen-bond acceptors (Lipinski definition) is 5. The molecule has 0 aliphatic carbocycles. The van der Waals surface area contributed by atoms with E-state index in [0.717, 1.165) is 18.0 Å². The number of nitrogens with zero attached hydrogens (tertiary/aromatic N) is 3. The molecule has 13 heavy (non-hydrogen) atoms. The Morgan fingerprint density at radius 2 is 2.54 bits per heavy atom. The molecule has 6 heteroatoms. The topological polar surface area (TPSA) is 68.8 Å². The molecule has 0 amide bonds. The molecule has 5 nitrogen and oxygen atoms in total. The Morgan fingerprint density at radius 1 is 1.77 bits per heavy atom. The summed E-state index contributed by atoms with van der Waals surface area (Å²) in [6.07, 6.45) is 4.43. The van der Waals surface area contributed by atoms with Crippen LogP contribution in [-0.2, 0) is 13.5 Å². The Labute approximate surface area is 82.1 Å². The van der Waals surface area contributed by atoms with Crippen LogP contribution in [0.4, 0.5) is 0 Å². The van der Waals surface area contributed by atoms with Crippen molar-refractivity contribution >= 4 is 11.8 Å². The van der Waals surface area contributed by atoms with Crippen molar-refractivity contribution in [2.45, 2.75) is 12.5 Å². The minimum Gasteiger partial charge on any atom is -0.271 e. The number of aryl methyl sites for hydroxylation is 1. The summed E-state index contributed by atoms with van der Waals surface area (Å²) >= 11 is 1.76. The summed E-state index contributed by atoms with van der Waals surface area (Å²) in [7, 11) is 1.88. The van der Waals surface area contributed by atoms with Gasteiger partial charge in [-0.2, -0.15) is 16.9 Å². The third-order valence-electron chi connectivity index (χ3n) is 1.84. The Kier molecular flexibility index (Phi) is 4.20. The molecule has 0 bridgehead atoms. The van der Waals surface area contributed by atoms with E-state index in [1.165, 1.54) is 0 Å². The number of nitrogens with two attached hydrogens (primary N) is 1. The van der Waals surface area contributed by atoms with Crippen molar-refractivity contribution < 1.29 is 0 Å². The molecular weight excluding hydrogens is 186 g/mol. The van der Waals surface area contributed by atoms with Gasteiger partial charge in [-0.15, -0.1) is 0 Å². The van der Waals surface area contributed by atoms with E-state index in [4.69, 9.17) is 5.84 Å². The fourth-order valence-electron chi connectivity index (χ4n) is 1.09. The lowest BCUT2D eigenvalue weighted by Crippen LogP contribution is -2.39. The first-order valence-corrected chi connectivity index (χ1v) is 5.45. The van der Waals surface area contributed by atoms with Gasteiger partial charge in [-0.05, 0) is 6.26 Å². The largest absolute Gasteiger partial charge is 0.271 e. The third kappa shape index (κ3) is 2.98. The lowest BCUT2D eigenvalue weighted by atomic mass is 10.2. The average Bonchev–Trinajstić information content (AvgIpc) is 2.51. The van der Waals surface area contributed by atoms with Crippen LogP contribution in [0.15, 0.2) is 6.33 Å². The van der Waals surface area contributed by atoms with Crippen LogP contribution in [0.3, 0.4) is 0 Å². The number of thioether (sulfide) groups is 1. The van der Waals surface area contributed by atoms with Gasteiger partial charge in [0.15, 0.2) is 0 Å². The zero-order valence-electron chi connectivity index (χ0n) is 7.90. The van der Waals surface area contributed by atoms with E-state index in [1.54, 1.807) is 22.8 Å². The molecule has 1 aromatic rings. The molecule has 0 saturated heterocycles. The number of nitrogens with one attached hydrogen (secondary N) is 1. The highest BCUT2D eigenvalue weighted by Gasteiger charge is 2.10. The maximum Gasteiger partial charge on any atom is 0.138 e. The smallest absolute Gasteiger partial charge is 0.138 e. The molecule has 0 aliphatic rings. The van der Waals surface area contributed by atoms with E-state index in [-0.39, 0.29) is 6.04 Å². The van der Waals surface area contributed by atoms with E-state index in [2.05, 4.69) is 21.8 Å². The van der Waals surface area contributed by atoms with Crippen LogP contribution in [0.5, 0.6) is 0 Å². The molecule has 74 valence electrons. The molecule has 0 spiro atoms. The van der Waals surface area contributed by atoms with E-state index in [0.29, 0.717) is 0 Å². The molecule has 1 heterocycles. The third-order valence-corrected chi connectivity index (χ3v) is 2.57. The zero-order chi connectivity index (χ0) is 9.68. The number of rotatable bonds is 5. The van der Waals surface area contributed by atoms with Crippen molar-refractivity contribution in [3.05, 3.63) is 12.2 Å². The Morgan fingerprint density at radius 3 is 3.00 bits per heavy atom. The van der Waals surface area contributed by atoms with Gasteiger partial charge in [0.05, 0.1) is 0 Å². The second-order valence-electron chi connectivity index (χ2n) is 2.82. The van der Waals surface area contributed by atoms with Gasteiger partial charge in [0, 0.05) is 25.3 Å². The van der Waals surface area contributed by atoms with Gasteiger partial charge >= 0.3 is 0 Å². The molecule has 0 aromatic carbocycles. The summed E-state index contributed by atoms with van der Waals surface area (Å²) < 4.78 is 1.77. The highest BCUT2D eigenvalue weighted by atomic mass is 32.2. The Balaban J connectivity index is 2.51. The highest BCUT2D eigenvalue weighted by Crippen LogP contribution is 2.02. The van der Waals surface area contributed by atoms with Crippen molar-refractivity contribution in [2.75, 3.05) is 12.0 Å². The van der Waals surface area contributed by atoms with Crippen LogP contribution in [0, 0.1) is 0 Å². The zero-order valence-corrected chi connectivity index (χ0v) is 8.71. The normalized spacial score (nSPS) is 13.2. The first-order valence-electron chi connectivity index (χ1n) is 4.06. The Hall–Kier alpha value is -0.590. The van der Waals surface area contributed by atoms with Gasteiger partial charge in [0.25, 0.3) is 0 Å². The lowest BCUT2D eigenvalue weighted by Gasteiger charge is -2.13. The van der Waals surface area contributed by atoms with Gasteiger partial charge in [0.2, 0.25) is 0 Å². The second kappa shape index (κ2) is 5.21. The van der Waals surface area contributed by atoms with E-state index >= 15 is 0 Å².